The molecule has 0 N–H and O–H groups in total. The molecule has 0 amide bonds. The Bertz CT molecular complexity index is 623. The van der Waals surface area contributed by atoms with Crippen LogP contribution in [0.5, 0.6) is 0 Å². The SMILES string of the molecule is C[C@@H]1CC(c2ccccc2)=C(c2ccccc2)C1=O. The zero-order valence-electron chi connectivity index (χ0n) is 11.0. The van der Waals surface area contributed by atoms with Gasteiger partial charge in [-0.1, -0.05) is 67.6 Å². The number of carbonyl (C=O) groups excluding carboxylic acids is 1. The third-order valence-corrected chi connectivity index (χ3v) is 3.69. The van der Waals surface area contributed by atoms with Crippen LogP contribution >= 0.6 is 0 Å². The smallest absolute Gasteiger partial charge is 0.166 e. The molecule has 94 valence electrons. The van der Waals surface area contributed by atoms with Gasteiger partial charge in [0, 0.05) is 11.5 Å². The minimum atomic E-state index is 0.0883. The maximum atomic E-state index is 12.4. The van der Waals surface area contributed by atoms with Gasteiger partial charge in [0.25, 0.3) is 0 Å². The molecule has 0 aromatic heterocycles. The summed E-state index contributed by atoms with van der Waals surface area (Å²) >= 11 is 0. The molecule has 0 heterocycles. The first kappa shape index (κ1) is 11.9. The molecular formula is C18H16O. The third kappa shape index (κ3) is 2.12. The first-order valence-electron chi connectivity index (χ1n) is 6.65. The van der Waals surface area contributed by atoms with Gasteiger partial charge in [0.05, 0.1) is 0 Å². The maximum Gasteiger partial charge on any atom is 0.166 e. The summed E-state index contributed by atoms with van der Waals surface area (Å²) in [6.45, 7) is 2.02. The lowest BCUT2D eigenvalue weighted by Gasteiger charge is -2.06. The molecular weight excluding hydrogens is 232 g/mol. The Morgan fingerprint density at radius 2 is 1.37 bits per heavy atom. The van der Waals surface area contributed by atoms with Crippen LogP contribution < -0.4 is 0 Å². The van der Waals surface area contributed by atoms with Crippen LogP contribution in [0.15, 0.2) is 60.7 Å². The van der Waals surface area contributed by atoms with Crippen LogP contribution in [-0.4, -0.2) is 5.78 Å². The molecule has 0 fully saturated rings. The van der Waals surface area contributed by atoms with Gasteiger partial charge in [-0.2, -0.15) is 0 Å². The normalized spacial score (nSPS) is 19.0. The van der Waals surface area contributed by atoms with E-state index in [1.54, 1.807) is 0 Å². The molecule has 2 aromatic carbocycles. The van der Waals surface area contributed by atoms with E-state index in [1.165, 1.54) is 11.1 Å². The molecule has 0 radical (unpaired) electrons. The third-order valence-electron chi connectivity index (χ3n) is 3.69. The minimum Gasteiger partial charge on any atom is -0.294 e. The summed E-state index contributed by atoms with van der Waals surface area (Å²) in [7, 11) is 0. The van der Waals surface area contributed by atoms with Crippen LogP contribution in [0, 0.1) is 5.92 Å². The Balaban J connectivity index is 2.17. The average molecular weight is 248 g/mol. The fraction of sp³-hybridized carbons (Fsp3) is 0.167. The summed E-state index contributed by atoms with van der Waals surface area (Å²) in [5.74, 6) is 0.357. The van der Waals surface area contributed by atoms with Crippen molar-refractivity contribution in [1.82, 2.24) is 0 Å². The molecule has 0 spiro atoms. The van der Waals surface area contributed by atoms with Crippen LogP contribution in [0.2, 0.25) is 0 Å². The zero-order chi connectivity index (χ0) is 13.2. The van der Waals surface area contributed by atoms with Crippen LogP contribution in [-0.2, 0) is 4.79 Å². The van der Waals surface area contributed by atoms with Gasteiger partial charge in [0.2, 0.25) is 0 Å². The first-order valence-corrected chi connectivity index (χ1v) is 6.65. The lowest BCUT2D eigenvalue weighted by molar-refractivity contribution is -0.116. The lowest BCUT2D eigenvalue weighted by Crippen LogP contribution is -2.05. The highest BCUT2D eigenvalue weighted by Crippen LogP contribution is 2.40. The van der Waals surface area contributed by atoms with Crippen molar-refractivity contribution in [2.45, 2.75) is 13.3 Å². The molecule has 1 nitrogen and oxygen atoms in total. The summed E-state index contributed by atoms with van der Waals surface area (Å²) in [4.78, 5) is 12.4. The Morgan fingerprint density at radius 3 is 1.95 bits per heavy atom. The number of benzene rings is 2. The second kappa shape index (κ2) is 4.85. The Morgan fingerprint density at radius 1 is 0.842 bits per heavy atom. The second-order valence-electron chi connectivity index (χ2n) is 5.06. The topological polar surface area (TPSA) is 17.1 Å². The Kier molecular flexibility index (Phi) is 3.04. The van der Waals surface area contributed by atoms with Crippen molar-refractivity contribution in [1.29, 1.82) is 0 Å². The Labute approximate surface area is 113 Å². The fourth-order valence-electron chi connectivity index (χ4n) is 2.72. The summed E-state index contributed by atoms with van der Waals surface area (Å²) in [6.07, 6.45) is 0.840. The van der Waals surface area contributed by atoms with Crippen molar-refractivity contribution in [3.8, 4) is 0 Å². The van der Waals surface area contributed by atoms with Gasteiger partial charge in [-0.15, -0.1) is 0 Å². The number of hydrogen-bond donors (Lipinski definition) is 0. The molecule has 1 heteroatoms. The van der Waals surface area contributed by atoms with Gasteiger partial charge >= 0.3 is 0 Å². The molecule has 1 atom stereocenters. The molecule has 1 aliphatic rings. The van der Waals surface area contributed by atoms with Crippen LogP contribution in [0.3, 0.4) is 0 Å². The molecule has 0 unspecified atom stereocenters. The second-order valence-corrected chi connectivity index (χ2v) is 5.06. The molecule has 19 heavy (non-hydrogen) atoms. The maximum absolute atomic E-state index is 12.4. The average Bonchev–Trinajstić information content (AvgIpc) is 2.77. The lowest BCUT2D eigenvalue weighted by atomic mass is 9.97. The highest BCUT2D eigenvalue weighted by atomic mass is 16.1. The first-order chi connectivity index (χ1) is 9.27. The quantitative estimate of drug-likeness (QED) is 0.778. The van der Waals surface area contributed by atoms with E-state index in [4.69, 9.17) is 0 Å². The van der Waals surface area contributed by atoms with Gasteiger partial charge in [-0.25, -0.2) is 0 Å². The molecule has 2 aromatic rings. The van der Waals surface area contributed by atoms with E-state index in [0.717, 1.165) is 17.6 Å². The van der Waals surface area contributed by atoms with Crippen molar-refractivity contribution in [3.05, 3.63) is 71.8 Å². The predicted octanol–water partition coefficient (Wildman–Crippen LogP) is 4.21. The van der Waals surface area contributed by atoms with E-state index in [9.17, 15) is 4.79 Å². The van der Waals surface area contributed by atoms with Gasteiger partial charge in [0.15, 0.2) is 5.78 Å². The van der Waals surface area contributed by atoms with Gasteiger partial charge in [-0.05, 0) is 23.1 Å². The highest BCUT2D eigenvalue weighted by molar-refractivity contribution is 6.31. The fourth-order valence-corrected chi connectivity index (χ4v) is 2.72. The van der Waals surface area contributed by atoms with Crippen molar-refractivity contribution < 1.29 is 4.79 Å². The van der Waals surface area contributed by atoms with E-state index in [0.29, 0.717) is 0 Å². The number of ketones is 1. The summed E-state index contributed by atoms with van der Waals surface area (Å²) < 4.78 is 0. The standard InChI is InChI=1S/C18H16O/c1-13-12-16(14-8-4-2-5-9-14)17(18(13)19)15-10-6-3-7-11-15/h2-11,13H,12H2,1H3/t13-/m1/s1. The van der Waals surface area contributed by atoms with E-state index < -0.39 is 0 Å². The molecule has 0 saturated heterocycles. The number of allylic oxidation sites excluding steroid dienone is 2. The molecule has 0 bridgehead atoms. The minimum absolute atomic E-state index is 0.0883. The van der Waals surface area contributed by atoms with Crippen molar-refractivity contribution in [2.24, 2.45) is 5.92 Å². The molecule has 0 saturated carbocycles. The van der Waals surface area contributed by atoms with Crippen molar-refractivity contribution in [2.75, 3.05) is 0 Å². The van der Waals surface area contributed by atoms with Crippen LogP contribution in [0.25, 0.3) is 11.1 Å². The predicted molar refractivity (Wildman–Crippen MR) is 78.5 cm³/mol. The Hall–Kier alpha value is -2.15. The van der Waals surface area contributed by atoms with Crippen LogP contribution in [0.1, 0.15) is 24.5 Å². The van der Waals surface area contributed by atoms with Crippen molar-refractivity contribution in [3.63, 3.8) is 0 Å². The molecule has 1 aliphatic carbocycles. The number of carbonyl (C=O) groups is 1. The summed E-state index contributed by atoms with van der Waals surface area (Å²) in [5.41, 5.74) is 4.29. The van der Waals surface area contributed by atoms with E-state index >= 15 is 0 Å². The summed E-state index contributed by atoms with van der Waals surface area (Å²) in [6, 6.07) is 20.2. The monoisotopic (exact) mass is 248 g/mol. The van der Waals surface area contributed by atoms with E-state index in [1.807, 2.05) is 55.5 Å². The largest absolute Gasteiger partial charge is 0.294 e. The van der Waals surface area contributed by atoms with Gasteiger partial charge in [-0.3, -0.25) is 4.79 Å². The van der Waals surface area contributed by atoms with Gasteiger partial charge < -0.3 is 0 Å². The summed E-state index contributed by atoms with van der Waals surface area (Å²) in [5, 5.41) is 0. The number of Topliss-reactive ketones (excluding diaryl/α,β-unsaturated/α-hetero) is 1. The van der Waals surface area contributed by atoms with E-state index in [2.05, 4.69) is 12.1 Å². The van der Waals surface area contributed by atoms with Crippen molar-refractivity contribution >= 4 is 16.9 Å². The van der Waals surface area contributed by atoms with Gasteiger partial charge in [0.1, 0.15) is 0 Å². The highest BCUT2D eigenvalue weighted by Gasteiger charge is 2.31. The zero-order valence-corrected chi connectivity index (χ0v) is 11.0. The number of hydrogen-bond acceptors (Lipinski definition) is 1. The number of rotatable bonds is 2. The molecule has 0 aliphatic heterocycles. The van der Waals surface area contributed by atoms with Crippen LogP contribution in [0.4, 0.5) is 0 Å². The van der Waals surface area contributed by atoms with E-state index in [-0.39, 0.29) is 11.7 Å². The molecule has 3 rings (SSSR count).